The summed E-state index contributed by atoms with van der Waals surface area (Å²) in [6, 6.07) is 16.0. The molecule has 1 fully saturated rings. The van der Waals surface area contributed by atoms with Crippen LogP contribution >= 0.6 is 34.5 Å². The van der Waals surface area contributed by atoms with Gasteiger partial charge >= 0.3 is 11.9 Å². The smallest absolute Gasteiger partial charge is 0.346 e. The minimum Gasteiger partial charge on any atom is -0.493 e. The molecule has 1 unspecified atom stereocenters. The Morgan fingerprint density at radius 2 is 1.75 bits per heavy atom. The van der Waals surface area contributed by atoms with E-state index in [0.29, 0.717) is 34.1 Å². The van der Waals surface area contributed by atoms with Gasteiger partial charge in [0.05, 0.1) is 14.2 Å². The molecule has 13 heteroatoms. The fourth-order valence-electron chi connectivity index (χ4n) is 6.02. The Balaban J connectivity index is 1.48. The molecule has 0 radical (unpaired) electrons. The lowest BCUT2D eigenvalue weighted by molar-refractivity contribution is -0.904. The van der Waals surface area contributed by atoms with Gasteiger partial charge in [-0.05, 0) is 67.7 Å². The number of pyridine rings is 1. The number of methoxy groups -OCH3 is 2. The Bertz CT molecular complexity index is 1730. The van der Waals surface area contributed by atoms with Crippen LogP contribution in [0.5, 0.6) is 11.5 Å². The Labute approximate surface area is 293 Å². The maximum Gasteiger partial charge on any atom is 0.346 e. The SMILES string of the molecule is COc1ccc([C@H](Cc2c(Cl)c[n+](O)cc2Cl)c2cc(CNC(C(=O)OC[C@H]3CCCN3C)c3ccccc3)sc2C(=O)O)cc1OC. The highest BCUT2D eigenvalue weighted by molar-refractivity contribution is 7.14. The van der Waals surface area contributed by atoms with Crippen LogP contribution in [0, 0.1) is 0 Å². The maximum absolute atomic E-state index is 13.4. The van der Waals surface area contributed by atoms with Crippen LogP contribution in [-0.2, 0) is 22.5 Å². The van der Waals surface area contributed by atoms with Crippen molar-refractivity contribution in [3.63, 3.8) is 0 Å². The summed E-state index contributed by atoms with van der Waals surface area (Å²) < 4.78 is 17.6. The van der Waals surface area contributed by atoms with Crippen molar-refractivity contribution >= 4 is 46.5 Å². The predicted molar refractivity (Wildman–Crippen MR) is 183 cm³/mol. The molecule has 1 aliphatic rings. The van der Waals surface area contributed by atoms with Crippen LogP contribution in [0.1, 0.15) is 61.6 Å². The van der Waals surface area contributed by atoms with E-state index in [0.717, 1.165) is 46.6 Å². The van der Waals surface area contributed by atoms with E-state index in [2.05, 4.69) is 10.2 Å². The van der Waals surface area contributed by atoms with E-state index >= 15 is 0 Å². The average Bonchev–Trinajstić information content (AvgIpc) is 3.69. The number of aromatic nitrogens is 1. The molecule has 0 bridgehead atoms. The van der Waals surface area contributed by atoms with E-state index in [1.54, 1.807) is 12.1 Å². The number of likely N-dealkylation sites (tertiary alicyclic amines) is 1. The lowest BCUT2D eigenvalue weighted by atomic mass is 9.85. The Kier molecular flexibility index (Phi) is 11.8. The summed E-state index contributed by atoms with van der Waals surface area (Å²) in [7, 11) is 5.10. The third-order valence-electron chi connectivity index (χ3n) is 8.61. The van der Waals surface area contributed by atoms with Gasteiger partial charge in [0, 0.05) is 33.7 Å². The highest BCUT2D eigenvalue weighted by Crippen LogP contribution is 2.41. The standard InChI is InChI=1S/C35H37Cl2N3O7S/c1-39-13-7-10-23(39)20-47-35(43)32(21-8-5-4-6-9-21)38-17-24-15-26(33(48-24)34(41)42)25(16-27-28(36)18-40(44)19-29(27)37)22-11-12-30(45-2)31(14-22)46-3/h4-6,8-9,11-12,14-15,18-19,23,25,32,38H,7,10,13,16-17,20H2,1-3H3,(H-,41,42,44)/p+1/t23-,25+,32?/m1/s1. The van der Waals surface area contributed by atoms with Crippen LogP contribution in [0.15, 0.2) is 67.0 Å². The van der Waals surface area contributed by atoms with Crippen molar-refractivity contribution < 1.29 is 38.8 Å². The van der Waals surface area contributed by atoms with Crippen LogP contribution in [-0.4, -0.2) is 67.6 Å². The number of esters is 1. The third-order valence-corrected chi connectivity index (χ3v) is 10.4. The van der Waals surface area contributed by atoms with Crippen molar-refractivity contribution in [2.75, 3.05) is 34.4 Å². The molecule has 10 nitrogen and oxygen atoms in total. The molecular weight excluding hydrogens is 677 g/mol. The summed E-state index contributed by atoms with van der Waals surface area (Å²) in [5, 5.41) is 24.1. The summed E-state index contributed by atoms with van der Waals surface area (Å²) in [6.07, 6.45) is 4.91. The van der Waals surface area contributed by atoms with Gasteiger partial charge in [-0.25, -0.2) is 9.59 Å². The van der Waals surface area contributed by atoms with Gasteiger partial charge in [-0.3, -0.25) is 10.5 Å². The number of thiophene rings is 1. The van der Waals surface area contributed by atoms with E-state index in [1.165, 1.54) is 26.6 Å². The Morgan fingerprint density at radius 3 is 2.38 bits per heavy atom. The summed E-state index contributed by atoms with van der Waals surface area (Å²) in [5.74, 6) is -1.03. The molecule has 4 aromatic rings. The maximum atomic E-state index is 13.4. The number of carbonyl (C=O) groups is 2. The highest BCUT2D eigenvalue weighted by atomic mass is 35.5. The van der Waals surface area contributed by atoms with E-state index < -0.39 is 23.9 Å². The van der Waals surface area contributed by atoms with Gasteiger partial charge in [-0.15, -0.1) is 11.3 Å². The lowest BCUT2D eigenvalue weighted by Crippen LogP contribution is -2.34. The van der Waals surface area contributed by atoms with Crippen LogP contribution < -0.4 is 19.5 Å². The number of carbonyl (C=O) groups excluding carboxylic acids is 1. The number of nitrogens with one attached hydrogen (secondary N) is 1. The van der Waals surface area contributed by atoms with Crippen molar-refractivity contribution in [3.8, 4) is 11.5 Å². The fraction of sp³-hybridized carbons (Fsp3) is 0.343. The summed E-state index contributed by atoms with van der Waals surface area (Å²) in [6.45, 7) is 1.49. The zero-order chi connectivity index (χ0) is 34.4. The second-order valence-electron chi connectivity index (χ2n) is 11.6. The van der Waals surface area contributed by atoms with Crippen molar-refractivity contribution in [1.29, 1.82) is 0 Å². The molecule has 0 aliphatic carbocycles. The molecule has 5 rings (SSSR count). The second kappa shape index (κ2) is 16.0. The fourth-order valence-corrected chi connectivity index (χ4v) is 7.64. The number of rotatable bonds is 14. The number of halogens is 2. The predicted octanol–water partition coefficient (Wildman–Crippen LogP) is 6.14. The van der Waals surface area contributed by atoms with E-state index in [-0.39, 0.29) is 33.9 Å². The van der Waals surface area contributed by atoms with Gasteiger partial charge < -0.3 is 24.2 Å². The van der Waals surface area contributed by atoms with Gasteiger partial charge in [-0.1, -0.05) is 59.6 Å². The Morgan fingerprint density at radius 1 is 1.04 bits per heavy atom. The zero-order valence-corrected chi connectivity index (χ0v) is 29.1. The van der Waals surface area contributed by atoms with Crippen LogP contribution in [0.3, 0.4) is 0 Å². The van der Waals surface area contributed by atoms with E-state index in [1.807, 2.05) is 49.5 Å². The number of carboxylic acid groups (broad SMARTS) is 1. The first kappa shape index (κ1) is 35.4. The van der Waals surface area contributed by atoms with Crippen molar-refractivity contribution in [1.82, 2.24) is 10.2 Å². The van der Waals surface area contributed by atoms with E-state index in [4.69, 9.17) is 37.4 Å². The molecule has 2 aromatic carbocycles. The first-order valence-corrected chi connectivity index (χ1v) is 17.0. The monoisotopic (exact) mass is 714 g/mol. The quantitative estimate of drug-likeness (QED) is 0.0804. The first-order chi connectivity index (χ1) is 23.1. The molecule has 3 atom stereocenters. The molecule has 254 valence electrons. The van der Waals surface area contributed by atoms with Crippen molar-refractivity contribution in [3.05, 3.63) is 109 Å². The van der Waals surface area contributed by atoms with E-state index in [9.17, 15) is 19.9 Å². The Hall–Kier alpha value is -3.87. The van der Waals surface area contributed by atoms with Crippen LogP contribution in [0.25, 0.3) is 0 Å². The molecule has 0 amide bonds. The molecule has 1 aliphatic heterocycles. The van der Waals surface area contributed by atoms with Gasteiger partial charge in [0.25, 0.3) is 0 Å². The molecule has 3 N–H and O–H groups in total. The number of nitrogens with zero attached hydrogens (tertiary/aromatic N) is 2. The molecule has 0 saturated carbocycles. The summed E-state index contributed by atoms with van der Waals surface area (Å²) in [5.41, 5.74) is 2.55. The molecule has 48 heavy (non-hydrogen) atoms. The summed E-state index contributed by atoms with van der Waals surface area (Å²) in [4.78, 5) is 29.2. The number of hydrogen-bond donors (Lipinski definition) is 3. The van der Waals surface area contributed by atoms with Crippen LogP contribution in [0.4, 0.5) is 0 Å². The zero-order valence-electron chi connectivity index (χ0n) is 26.8. The number of likely N-dealkylation sites (N-methyl/N-ethyl adjacent to an activating group) is 1. The molecule has 2 aromatic heterocycles. The van der Waals surface area contributed by atoms with Gasteiger partial charge in [-0.2, -0.15) is 0 Å². The van der Waals surface area contributed by atoms with Gasteiger partial charge in [0.15, 0.2) is 11.5 Å². The number of carboxylic acids is 1. The number of ether oxygens (including phenoxy) is 3. The topological polar surface area (TPSA) is 121 Å². The molecule has 0 spiro atoms. The largest absolute Gasteiger partial charge is 0.493 e. The normalized spacial score (nSPS) is 16.0. The van der Waals surface area contributed by atoms with Crippen molar-refractivity contribution in [2.45, 2.75) is 43.8 Å². The number of aromatic carboxylic acids is 1. The second-order valence-corrected chi connectivity index (χ2v) is 13.6. The van der Waals surface area contributed by atoms with Crippen molar-refractivity contribution in [2.24, 2.45) is 0 Å². The molecular formula is C35H38Cl2N3O7S+. The lowest BCUT2D eigenvalue weighted by Gasteiger charge is -2.22. The minimum absolute atomic E-state index is 0.134. The van der Waals surface area contributed by atoms with Gasteiger partial charge in [0.1, 0.15) is 27.6 Å². The minimum atomic E-state index is -1.09. The van der Waals surface area contributed by atoms with Gasteiger partial charge in [0.2, 0.25) is 12.4 Å². The number of benzene rings is 2. The molecule has 1 saturated heterocycles. The van der Waals surface area contributed by atoms with Crippen LogP contribution in [0.2, 0.25) is 10.0 Å². The number of hydrogen-bond acceptors (Lipinski definition) is 9. The molecule has 3 heterocycles. The average molecular weight is 716 g/mol. The third kappa shape index (κ3) is 8.22. The highest BCUT2D eigenvalue weighted by Gasteiger charge is 2.30. The first-order valence-electron chi connectivity index (χ1n) is 15.4. The summed E-state index contributed by atoms with van der Waals surface area (Å²) >= 11 is 14.2.